The zero-order valence-electron chi connectivity index (χ0n) is 8.77. The van der Waals surface area contributed by atoms with Gasteiger partial charge in [-0.2, -0.15) is 4.98 Å². The van der Waals surface area contributed by atoms with Gasteiger partial charge >= 0.3 is 0 Å². The molecule has 3 rings (SSSR count). The molecule has 2 N–H and O–H groups in total. The highest BCUT2D eigenvalue weighted by molar-refractivity contribution is 5.15. The Hall–Kier alpha value is -0.940. The van der Waals surface area contributed by atoms with E-state index in [1.165, 1.54) is 0 Å². The summed E-state index contributed by atoms with van der Waals surface area (Å²) in [5, 5.41) is 4.03. The summed E-state index contributed by atoms with van der Waals surface area (Å²) in [6.45, 7) is 3.34. The molecule has 1 aliphatic carbocycles. The molecule has 1 saturated carbocycles. The Bertz CT molecular complexity index is 372. The second-order valence-electron chi connectivity index (χ2n) is 4.82. The van der Waals surface area contributed by atoms with Gasteiger partial charge in [-0.05, 0) is 12.8 Å². The lowest BCUT2D eigenvalue weighted by atomic mass is 10.0. The number of hydrogen-bond acceptors (Lipinski definition) is 5. The first-order chi connectivity index (χ1) is 7.19. The Labute approximate surface area is 88.0 Å². The van der Waals surface area contributed by atoms with Crippen LogP contribution in [0.1, 0.15) is 37.4 Å². The molecule has 0 bridgehead atoms. The van der Waals surface area contributed by atoms with Crippen LogP contribution >= 0.6 is 0 Å². The first-order valence-corrected chi connectivity index (χ1v) is 5.36. The van der Waals surface area contributed by atoms with Crippen molar-refractivity contribution in [2.75, 3.05) is 13.2 Å². The minimum atomic E-state index is -0.00897. The maximum atomic E-state index is 5.89. The summed E-state index contributed by atoms with van der Waals surface area (Å²) in [6.07, 6.45) is 2.30. The molecule has 0 radical (unpaired) electrons. The molecule has 82 valence electrons. The summed E-state index contributed by atoms with van der Waals surface area (Å²) in [4.78, 5) is 4.44. The maximum absolute atomic E-state index is 5.89. The predicted octanol–water partition coefficient (Wildman–Crippen LogP) is 0.562. The molecule has 2 heterocycles. The van der Waals surface area contributed by atoms with Crippen LogP contribution in [0.3, 0.4) is 0 Å². The van der Waals surface area contributed by atoms with Gasteiger partial charge < -0.3 is 15.0 Å². The average molecular weight is 209 g/mol. The molecular weight excluding hydrogens is 194 g/mol. The molecule has 2 fully saturated rings. The van der Waals surface area contributed by atoms with Crippen LogP contribution in [0.15, 0.2) is 4.52 Å². The Morgan fingerprint density at radius 2 is 2.20 bits per heavy atom. The number of nitrogens with zero attached hydrogens (tertiary/aromatic N) is 2. The van der Waals surface area contributed by atoms with E-state index in [0.29, 0.717) is 19.1 Å². The second kappa shape index (κ2) is 3.02. The molecule has 1 saturated heterocycles. The van der Waals surface area contributed by atoms with Crippen molar-refractivity contribution in [2.24, 2.45) is 5.73 Å². The summed E-state index contributed by atoms with van der Waals surface area (Å²) < 4.78 is 10.5. The summed E-state index contributed by atoms with van der Waals surface area (Å²) in [7, 11) is 0. The third-order valence-corrected chi connectivity index (χ3v) is 3.42. The van der Waals surface area contributed by atoms with Gasteiger partial charge in [-0.15, -0.1) is 0 Å². The molecule has 15 heavy (non-hydrogen) atoms. The zero-order chi connectivity index (χ0) is 10.5. The van der Waals surface area contributed by atoms with Gasteiger partial charge in [0.1, 0.15) is 0 Å². The van der Waals surface area contributed by atoms with Gasteiger partial charge in [-0.1, -0.05) is 12.1 Å². The summed E-state index contributed by atoms with van der Waals surface area (Å²) in [5.41, 5.74) is 6.05. The van der Waals surface area contributed by atoms with E-state index in [-0.39, 0.29) is 17.4 Å². The summed E-state index contributed by atoms with van der Waals surface area (Å²) in [6, 6.07) is -0.00897. The lowest BCUT2D eigenvalue weighted by molar-refractivity contribution is 0.187. The average Bonchev–Trinajstić information content (AvgIpc) is 2.70. The standard InChI is InChI=1S/C10H15N3O2/c1-10(2-3-10)9-12-8(15-13-9)6-4-14-5-7(6)11/h6-7H,2-5,11H2,1H3. The van der Waals surface area contributed by atoms with Crippen molar-refractivity contribution in [1.82, 2.24) is 10.1 Å². The third kappa shape index (κ3) is 1.46. The number of hydrogen-bond donors (Lipinski definition) is 1. The highest BCUT2D eigenvalue weighted by Gasteiger charge is 2.44. The summed E-state index contributed by atoms with van der Waals surface area (Å²) in [5.74, 6) is 1.55. The van der Waals surface area contributed by atoms with Gasteiger partial charge in [0.2, 0.25) is 5.89 Å². The number of ether oxygens (including phenoxy) is 1. The number of aromatic nitrogens is 2. The van der Waals surface area contributed by atoms with Gasteiger partial charge in [0.05, 0.1) is 19.1 Å². The largest absolute Gasteiger partial charge is 0.379 e. The topological polar surface area (TPSA) is 74.2 Å². The molecule has 1 aromatic heterocycles. The number of rotatable bonds is 2. The first kappa shape index (κ1) is 9.30. The van der Waals surface area contributed by atoms with Crippen LogP contribution in [-0.4, -0.2) is 29.4 Å². The van der Waals surface area contributed by atoms with Crippen molar-refractivity contribution in [3.05, 3.63) is 11.7 Å². The smallest absolute Gasteiger partial charge is 0.233 e. The number of nitrogens with two attached hydrogens (primary N) is 1. The van der Waals surface area contributed by atoms with Crippen LogP contribution < -0.4 is 5.73 Å². The van der Waals surface area contributed by atoms with E-state index < -0.39 is 0 Å². The lowest BCUT2D eigenvalue weighted by Crippen LogP contribution is -2.27. The fourth-order valence-electron chi connectivity index (χ4n) is 1.87. The molecule has 0 amide bonds. The van der Waals surface area contributed by atoms with E-state index in [4.69, 9.17) is 15.0 Å². The SMILES string of the molecule is CC1(c2noc(C3COCC3N)n2)CC1. The first-order valence-electron chi connectivity index (χ1n) is 5.36. The molecular formula is C10H15N3O2. The Morgan fingerprint density at radius 1 is 1.40 bits per heavy atom. The van der Waals surface area contributed by atoms with Crippen molar-refractivity contribution in [3.8, 4) is 0 Å². The Morgan fingerprint density at radius 3 is 2.80 bits per heavy atom. The molecule has 2 aliphatic rings. The Balaban J connectivity index is 1.84. The zero-order valence-corrected chi connectivity index (χ0v) is 8.77. The van der Waals surface area contributed by atoms with E-state index in [1.807, 2.05) is 0 Å². The highest BCUT2D eigenvalue weighted by atomic mass is 16.5. The third-order valence-electron chi connectivity index (χ3n) is 3.42. The van der Waals surface area contributed by atoms with Crippen molar-refractivity contribution in [2.45, 2.75) is 37.1 Å². The van der Waals surface area contributed by atoms with Gasteiger partial charge in [-0.3, -0.25) is 0 Å². The predicted molar refractivity (Wildman–Crippen MR) is 52.4 cm³/mol. The molecule has 1 aromatic rings. The normalized spacial score (nSPS) is 33.2. The molecule has 5 nitrogen and oxygen atoms in total. The van der Waals surface area contributed by atoms with Gasteiger partial charge in [0, 0.05) is 11.5 Å². The monoisotopic (exact) mass is 209 g/mol. The Kier molecular flexibility index (Phi) is 1.87. The molecule has 2 atom stereocenters. The lowest BCUT2D eigenvalue weighted by Gasteiger charge is -2.06. The van der Waals surface area contributed by atoms with Crippen LogP contribution in [-0.2, 0) is 10.2 Å². The van der Waals surface area contributed by atoms with Crippen LogP contribution in [0.5, 0.6) is 0 Å². The molecule has 5 heteroatoms. The van der Waals surface area contributed by atoms with Crippen LogP contribution in [0.25, 0.3) is 0 Å². The quantitative estimate of drug-likeness (QED) is 0.770. The van der Waals surface area contributed by atoms with Gasteiger partial charge in [0.15, 0.2) is 5.82 Å². The fourth-order valence-corrected chi connectivity index (χ4v) is 1.87. The molecule has 0 aromatic carbocycles. The van der Waals surface area contributed by atoms with Crippen molar-refractivity contribution in [3.63, 3.8) is 0 Å². The van der Waals surface area contributed by atoms with Crippen LogP contribution in [0.2, 0.25) is 0 Å². The minimum absolute atomic E-state index is 0.00897. The van der Waals surface area contributed by atoms with E-state index in [0.717, 1.165) is 18.7 Å². The minimum Gasteiger partial charge on any atom is -0.379 e. The van der Waals surface area contributed by atoms with Crippen molar-refractivity contribution < 1.29 is 9.26 Å². The second-order valence-corrected chi connectivity index (χ2v) is 4.82. The van der Waals surface area contributed by atoms with Crippen LogP contribution in [0, 0.1) is 0 Å². The van der Waals surface area contributed by atoms with E-state index in [2.05, 4.69) is 17.1 Å². The maximum Gasteiger partial charge on any atom is 0.233 e. The fraction of sp³-hybridized carbons (Fsp3) is 0.800. The van der Waals surface area contributed by atoms with E-state index in [9.17, 15) is 0 Å². The van der Waals surface area contributed by atoms with Crippen LogP contribution in [0.4, 0.5) is 0 Å². The van der Waals surface area contributed by atoms with Gasteiger partial charge in [-0.25, -0.2) is 0 Å². The molecule has 2 unspecified atom stereocenters. The highest BCUT2D eigenvalue weighted by Crippen LogP contribution is 2.46. The van der Waals surface area contributed by atoms with Crippen molar-refractivity contribution >= 4 is 0 Å². The molecule has 0 spiro atoms. The summed E-state index contributed by atoms with van der Waals surface area (Å²) >= 11 is 0. The van der Waals surface area contributed by atoms with E-state index >= 15 is 0 Å². The van der Waals surface area contributed by atoms with E-state index in [1.54, 1.807) is 0 Å². The van der Waals surface area contributed by atoms with Gasteiger partial charge in [0.25, 0.3) is 0 Å². The van der Waals surface area contributed by atoms with Crippen molar-refractivity contribution in [1.29, 1.82) is 0 Å². The molecule has 1 aliphatic heterocycles.